The van der Waals surface area contributed by atoms with E-state index < -0.39 is 29.8 Å². The Hall–Kier alpha value is -4.50. The van der Waals surface area contributed by atoms with Crippen molar-refractivity contribution in [2.45, 2.75) is 174 Å². The largest absolute Gasteiger partial charge is 0.370 e. The predicted molar refractivity (Wildman–Crippen MR) is 236 cm³/mol. The van der Waals surface area contributed by atoms with Crippen molar-refractivity contribution in [1.29, 1.82) is 0 Å². The minimum atomic E-state index is -0.890. The van der Waals surface area contributed by atoms with Crippen molar-refractivity contribution < 1.29 is 24.0 Å². The number of hydrogen-bond donors (Lipinski definition) is 8. The van der Waals surface area contributed by atoms with Gasteiger partial charge in [-0.3, -0.25) is 34.0 Å². The van der Waals surface area contributed by atoms with Crippen molar-refractivity contribution in [2.24, 2.45) is 50.7 Å². The van der Waals surface area contributed by atoms with Crippen LogP contribution >= 0.6 is 0 Å². The van der Waals surface area contributed by atoms with Gasteiger partial charge in [0.1, 0.15) is 0 Å². The zero-order valence-corrected chi connectivity index (χ0v) is 36.7. The Morgan fingerprint density at radius 2 is 1.17 bits per heavy atom. The topological polar surface area (TPSA) is 279 Å². The molecule has 0 aliphatic carbocycles. The molecule has 1 aromatic rings. The van der Waals surface area contributed by atoms with E-state index in [1.54, 1.807) is 6.20 Å². The number of Topliss-reactive ketones (excluding diaryl/α,β-unsaturated/α-hetero) is 2. The first-order valence-electron chi connectivity index (χ1n) is 22.2. The Labute approximate surface area is 353 Å². The zero-order chi connectivity index (χ0) is 43.8. The van der Waals surface area contributed by atoms with E-state index in [4.69, 9.17) is 22.9 Å². The van der Waals surface area contributed by atoms with E-state index in [0.717, 1.165) is 25.7 Å². The minimum Gasteiger partial charge on any atom is -0.370 e. The standard InChI is InChI=1S/C43H79N11O5/c1-5-6-7-8-9-10-11-12-13-14-15-16-17-22-39(57)53-36(28-34-29-49-30-52-34)38(56)27-33(21-19-24-51-43(46)47)41(59)54-35(25-31(2)3)37(55)26-32(40(58)48-4)20-18-23-50-42(44)45/h29-33,35-36H,5-28H2,1-4H3,(H,48,58)(H,49,52)(H,53,57)(H,54,59)(H4,44,45,50)(H4,46,47,51)/t32-,33-,35+,36+/m1/s1. The second-order valence-electron chi connectivity index (χ2n) is 16.3. The lowest BCUT2D eigenvalue weighted by molar-refractivity contribution is -0.135. The summed E-state index contributed by atoms with van der Waals surface area (Å²) in [6.45, 7) is 6.68. The van der Waals surface area contributed by atoms with Crippen LogP contribution < -0.4 is 38.9 Å². The molecule has 16 heteroatoms. The van der Waals surface area contributed by atoms with E-state index in [1.165, 1.54) is 71.2 Å². The Morgan fingerprint density at radius 3 is 1.63 bits per heavy atom. The number of guanidine groups is 2. The number of rotatable bonds is 36. The fourth-order valence-corrected chi connectivity index (χ4v) is 7.18. The quantitative estimate of drug-likeness (QED) is 0.0267. The number of amides is 3. The number of imidazole rings is 1. The lowest BCUT2D eigenvalue weighted by atomic mass is 9.88. The molecule has 0 unspecified atom stereocenters. The van der Waals surface area contributed by atoms with Gasteiger partial charge in [0.05, 0.1) is 18.4 Å². The maximum atomic E-state index is 14.0. The third-order valence-corrected chi connectivity index (χ3v) is 10.5. The molecular formula is C43H79N11O5. The SMILES string of the molecule is CCCCCCCCCCCCCCCC(=O)N[C@@H](Cc1cnc[nH]1)C(=O)C[C@@H](CCCN=C(N)N)C(=O)N[C@@H](CC(C)C)C(=O)C[C@@H](CCCN=C(N)N)C(=O)NC. The number of H-pyrrole nitrogens is 1. The fourth-order valence-electron chi connectivity index (χ4n) is 7.18. The Bertz CT molecular complexity index is 1390. The molecule has 4 atom stereocenters. The Balaban J connectivity index is 2.98. The van der Waals surface area contributed by atoms with Gasteiger partial charge in [-0.15, -0.1) is 0 Å². The summed E-state index contributed by atoms with van der Waals surface area (Å²) < 4.78 is 0. The van der Waals surface area contributed by atoms with Crippen molar-refractivity contribution in [3.05, 3.63) is 18.2 Å². The van der Waals surface area contributed by atoms with Crippen LogP contribution in [0.1, 0.15) is 161 Å². The number of aliphatic imine (C=N–C) groups is 2. The average Bonchev–Trinajstić information content (AvgIpc) is 3.70. The summed E-state index contributed by atoms with van der Waals surface area (Å²) >= 11 is 0. The number of nitrogens with two attached hydrogens (primary N) is 4. The van der Waals surface area contributed by atoms with Gasteiger partial charge in [0.2, 0.25) is 17.7 Å². The normalized spacial score (nSPS) is 13.2. The second-order valence-corrected chi connectivity index (χ2v) is 16.3. The highest BCUT2D eigenvalue weighted by Crippen LogP contribution is 2.20. The van der Waals surface area contributed by atoms with E-state index in [2.05, 4.69) is 42.8 Å². The molecule has 16 nitrogen and oxygen atoms in total. The number of aromatic amines is 1. The summed E-state index contributed by atoms with van der Waals surface area (Å²) in [5, 5.41) is 8.49. The lowest BCUT2D eigenvalue weighted by Crippen LogP contribution is -2.47. The molecule has 0 aliphatic heterocycles. The van der Waals surface area contributed by atoms with E-state index in [1.807, 2.05) is 13.8 Å². The fraction of sp³-hybridized carbons (Fsp3) is 0.767. The summed E-state index contributed by atoms with van der Waals surface area (Å²) in [5.74, 6) is -3.15. The summed E-state index contributed by atoms with van der Waals surface area (Å²) in [4.78, 5) is 82.9. The Kier molecular flexibility index (Phi) is 28.8. The van der Waals surface area contributed by atoms with Crippen molar-refractivity contribution in [2.75, 3.05) is 20.1 Å². The summed E-state index contributed by atoms with van der Waals surface area (Å²) in [6.07, 6.45) is 20.8. The van der Waals surface area contributed by atoms with Crippen LogP contribution in [0.3, 0.4) is 0 Å². The molecule has 0 spiro atoms. The van der Waals surface area contributed by atoms with Crippen molar-refractivity contribution >= 4 is 41.2 Å². The van der Waals surface area contributed by atoms with Gasteiger partial charge in [-0.1, -0.05) is 97.8 Å². The monoisotopic (exact) mass is 830 g/mol. The molecular weight excluding hydrogens is 751 g/mol. The number of aromatic nitrogens is 2. The molecule has 336 valence electrons. The third-order valence-electron chi connectivity index (χ3n) is 10.5. The smallest absolute Gasteiger partial charge is 0.224 e. The van der Waals surface area contributed by atoms with Gasteiger partial charge < -0.3 is 43.9 Å². The maximum absolute atomic E-state index is 14.0. The molecule has 0 radical (unpaired) electrons. The Morgan fingerprint density at radius 1 is 0.678 bits per heavy atom. The first kappa shape index (κ1) is 52.5. The number of carbonyl (C=O) groups excluding carboxylic acids is 5. The molecule has 12 N–H and O–H groups in total. The summed E-state index contributed by atoms with van der Waals surface area (Å²) in [6, 6.07) is -1.78. The lowest BCUT2D eigenvalue weighted by Gasteiger charge is -2.25. The van der Waals surface area contributed by atoms with Gasteiger partial charge in [0.15, 0.2) is 23.5 Å². The van der Waals surface area contributed by atoms with E-state index >= 15 is 0 Å². The highest BCUT2D eigenvalue weighted by Gasteiger charge is 2.32. The minimum absolute atomic E-state index is 0.0374. The molecule has 59 heavy (non-hydrogen) atoms. The molecule has 1 rings (SSSR count). The number of unbranched alkanes of at least 4 members (excludes halogenated alkanes) is 12. The number of ketones is 2. The van der Waals surface area contributed by atoms with Crippen LogP contribution in [0, 0.1) is 17.8 Å². The van der Waals surface area contributed by atoms with Crippen LogP contribution in [0.4, 0.5) is 0 Å². The molecule has 0 saturated heterocycles. The van der Waals surface area contributed by atoms with Gasteiger partial charge in [-0.25, -0.2) is 4.98 Å². The van der Waals surface area contributed by atoms with Gasteiger partial charge >= 0.3 is 0 Å². The number of carbonyl (C=O) groups is 5. The molecule has 0 bridgehead atoms. The highest BCUT2D eigenvalue weighted by atomic mass is 16.2. The molecule has 0 aromatic carbocycles. The summed E-state index contributed by atoms with van der Waals surface area (Å²) in [5.41, 5.74) is 22.6. The van der Waals surface area contributed by atoms with Crippen molar-refractivity contribution in [1.82, 2.24) is 25.9 Å². The van der Waals surface area contributed by atoms with Gasteiger partial charge in [0, 0.05) is 69.5 Å². The third kappa shape index (κ3) is 26.3. The van der Waals surface area contributed by atoms with Crippen LogP contribution in [-0.4, -0.2) is 83.4 Å². The van der Waals surface area contributed by atoms with Gasteiger partial charge in [0.25, 0.3) is 0 Å². The predicted octanol–water partition coefficient (Wildman–Crippen LogP) is 4.45. The van der Waals surface area contributed by atoms with Crippen LogP contribution in [0.2, 0.25) is 0 Å². The average molecular weight is 830 g/mol. The molecule has 1 heterocycles. The summed E-state index contributed by atoms with van der Waals surface area (Å²) in [7, 11) is 1.51. The molecule has 0 saturated carbocycles. The number of nitrogens with zero attached hydrogens (tertiary/aromatic N) is 3. The van der Waals surface area contributed by atoms with E-state index in [-0.39, 0.29) is 73.4 Å². The van der Waals surface area contributed by atoms with E-state index in [0.29, 0.717) is 44.3 Å². The molecule has 3 amide bonds. The van der Waals surface area contributed by atoms with Crippen LogP contribution in [0.15, 0.2) is 22.5 Å². The number of nitrogens with one attached hydrogen (secondary N) is 4. The maximum Gasteiger partial charge on any atom is 0.224 e. The number of hydrogen-bond acceptors (Lipinski definition) is 8. The van der Waals surface area contributed by atoms with Gasteiger partial charge in [-0.2, -0.15) is 0 Å². The van der Waals surface area contributed by atoms with Crippen molar-refractivity contribution in [3.63, 3.8) is 0 Å². The zero-order valence-electron chi connectivity index (χ0n) is 36.7. The molecule has 0 aliphatic rings. The van der Waals surface area contributed by atoms with Crippen molar-refractivity contribution in [3.8, 4) is 0 Å². The van der Waals surface area contributed by atoms with Crippen LogP contribution in [0.5, 0.6) is 0 Å². The first-order chi connectivity index (χ1) is 28.3. The van der Waals surface area contributed by atoms with E-state index in [9.17, 15) is 24.0 Å². The molecule has 1 aromatic heterocycles. The second kappa shape index (κ2) is 32.4. The van der Waals surface area contributed by atoms with Gasteiger partial charge in [-0.05, 0) is 44.4 Å². The highest BCUT2D eigenvalue weighted by molar-refractivity contribution is 5.95. The van der Waals surface area contributed by atoms with Crippen LogP contribution in [0.25, 0.3) is 0 Å². The first-order valence-corrected chi connectivity index (χ1v) is 22.2. The molecule has 0 fully saturated rings. The van der Waals surface area contributed by atoms with Crippen LogP contribution in [-0.2, 0) is 30.4 Å².